The standard InChI is InChI=1S/C14H12O4/c1-18-14(17)12-8-6-11(7-9-12)4-2-3-5-13(16)10-15/h6-9,13,15-16H,10H2,1H3/t13-/m1/s1. The summed E-state index contributed by atoms with van der Waals surface area (Å²) in [7, 11) is 1.32. The predicted molar refractivity (Wildman–Crippen MR) is 65.5 cm³/mol. The Bertz CT molecular complexity index is 523. The molecule has 0 radical (unpaired) electrons. The van der Waals surface area contributed by atoms with Crippen molar-refractivity contribution in [2.24, 2.45) is 0 Å². The Balaban J connectivity index is 2.72. The minimum atomic E-state index is -1.07. The molecule has 0 unspecified atom stereocenters. The van der Waals surface area contributed by atoms with Gasteiger partial charge in [0.05, 0.1) is 19.3 Å². The van der Waals surface area contributed by atoms with E-state index in [4.69, 9.17) is 10.2 Å². The number of methoxy groups -OCH3 is 1. The monoisotopic (exact) mass is 244 g/mol. The second kappa shape index (κ2) is 7.13. The Morgan fingerprint density at radius 2 is 2.00 bits per heavy atom. The van der Waals surface area contributed by atoms with E-state index in [0.717, 1.165) is 0 Å². The molecule has 0 aliphatic carbocycles. The molecule has 1 rings (SSSR count). The molecule has 0 bridgehead atoms. The summed E-state index contributed by atoms with van der Waals surface area (Å²) in [5.74, 6) is 9.64. The van der Waals surface area contributed by atoms with Crippen LogP contribution in [0.1, 0.15) is 15.9 Å². The lowest BCUT2D eigenvalue weighted by Crippen LogP contribution is -2.07. The highest BCUT2D eigenvalue weighted by atomic mass is 16.5. The number of esters is 1. The summed E-state index contributed by atoms with van der Waals surface area (Å²) in [6, 6.07) is 6.55. The number of benzene rings is 1. The molecule has 4 heteroatoms. The van der Waals surface area contributed by atoms with Crippen LogP contribution in [0.25, 0.3) is 0 Å². The van der Waals surface area contributed by atoms with E-state index < -0.39 is 18.7 Å². The third-order valence-corrected chi connectivity index (χ3v) is 1.99. The summed E-state index contributed by atoms with van der Waals surface area (Å²) in [6.45, 7) is -0.414. The highest BCUT2D eigenvalue weighted by molar-refractivity contribution is 5.89. The molecular weight excluding hydrogens is 232 g/mol. The van der Waals surface area contributed by atoms with Gasteiger partial charge >= 0.3 is 5.97 Å². The number of carbonyl (C=O) groups is 1. The fourth-order valence-electron chi connectivity index (χ4n) is 1.08. The van der Waals surface area contributed by atoms with Gasteiger partial charge in [-0.25, -0.2) is 4.79 Å². The van der Waals surface area contributed by atoms with Crippen molar-refractivity contribution in [3.63, 3.8) is 0 Å². The van der Waals surface area contributed by atoms with Gasteiger partial charge in [0, 0.05) is 5.56 Å². The Morgan fingerprint density at radius 3 is 2.56 bits per heavy atom. The van der Waals surface area contributed by atoms with Crippen LogP contribution in [0, 0.1) is 23.7 Å². The van der Waals surface area contributed by atoms with Crippen molar-refractivity contribution >= 4 is 5.97 Å². The van der Waals surface area contributed by atoms with Crippen LogP contribution in [0.3, 0.4) is 0 Å². The van der Waals surface area contributed by atoms with Crippen molar-refractivity contribution in [2.75, 3.05) is 13.7 Å². The van der Waals surface area contributed by atoms with Crippen molar-refractivity contribution in [2.45, 2.75) is 6.10 Å². The fourth-order valence-corrected chi connectivity index (χ4v) is 1.08. The molecule has 92 valence electrons. The highest BCUT2D eigenvalue weighted by Gasteiger charge is 2.02. The summed E-state index contributed by atoms with van der Waals surface area (Å²) < 4.78 is 4.56. The van der Waals surface area contributed by atoms with Gasteiger partial charge in [0.25, 0.3) is 0 Å². The van der Waals surface area contributed by atoms with Gasteiger partial charge < -0.3 is 14.9 Å². The molecule has 0 amide bonds. The van der Waals surface area contributed by atoms with Crippen LogP contribution in [0.15, 0.2) is 24.3 Å². The second-order valence-electron chi connectivity index (χ2n) is 3.29. The lowest BCUT2D eigenvalue weighted by Gasteiger charge is -1.97. The van der Waals surface area contributed by atoms with Gasteiger partial charge in [0.15, 0.2) is 0 Å². The number of aliphatic hydroxyl groups excluding tert-OH is 2. The molecule has 1 atom stereocenters. The number of ether oxygens (including phenoxy) is 1. The Labute approximate surface area is 105 Å². The van der Waals surface area contributed by atoms with Gasteiger partial charge in [-0.1, -0.05) is 11.8 Å². The zero-order valence-electron chi connectivity index (χ0n) is 9.80. The molecule has 0 spiro atoms. The molecule has 1 aromatic rings. The third kappa shape index (κ3) is 4.31. The fraction of sp³-hybridized carbons (Fsp3) is 0.214. The van der Waals surface area contributed by atoms with Crippen molar-refractivity contribution in [1.29, 1.82) is 0 Å². The highest BCUT2D eigenvalue weighted by Crippen LogP contribution is 2.04. The maximum Gasteiger partial charge on any atom is 0.337 e. The summed E-state index contributed by atoms with van der Waals surface area (Å²) in [4.78, 5) is 11.2. The molecular formula is C14H12O4. The van der Waals surface area contributed by atoms with E-state index in [1.807, 2.05) is 0 Å². The van der Waals surface area contributed by atoms with Crippen LogP contribution < -0.4 is 0 Å². The first-order chi connectivity index (χ1) is 8.67. The number of hydrogen-bond acceptors (Lipinski definition) is 4. The minimum absolute atomic E-state index is 0.402. The van der Waals surface area contributed by atoms with Crippen molar-refractivity contribution in [1.82, 2.24) is 0 Å². The first-order valence-electron chi connectivity index (χ1n) is 5.16. The molecule has 1 aromatic carbocycles. The normalized spacial score (nSPS) is 10.4. The predicted octanol–water partition coefficient (Wildman–Crippen LogP) is 0.181. The van der Waals surface area contributed by atoms with Crippen LogP contribution in [-0.2, 0) is 4.74 Å². The topological polar surface area (TPSA) is 66.8 Å². The molecule has 0 fully saturated rings. The average Bonchev–Trinajstić information content (AvgIpc) is 2.43. The lowest BCUT2D eigenvalue weighted by atomic mass is 10.1. The van der Waals surface area contributed by atoms with E-state index in [2.05, 4.69) is 28.4 Å². The zero-order valence-corrected chi connectivity index (χ0v) is 9.80. The number of aliphatic hydroxyl groups is 2. The van der Waals surface area contributed by atoms with Crippen molar-refractivity contribution in [3.8, 4) is 23.7 Å². The van der Waals surface area contributed by atoms with E-state index in [1.54, 1.807) is 24.3 Å². The Morgan fingerprint density at radius 1 is 1.33 bits per heavy atom. The van der Waals surface area contributed by atoms with E-state index in [-0.39, 0.29) is 0 Å². The first kappa shape index (κ1) is 13.8. The van der Waals surface area contributed by atoms with Crippen LogP contribution in [-0.4, -0.2) is 36.0 Å². The van der Waals surface area contributed by atoms with Crippen LogP contribution in [0.2, 0.25) is 0 Å². The van der Waals surface area contributed by atoms with Gasteiger partial charge in [0.1, 0.15) is 6.10 Å². The molecule has 0 aliphatic rings. The van der Waals surface area contributed by atoms with Gasteiger partial charge in [-0.3, -0.25) is 0 Å². The van der Waals surface area contributed by atoms with E-state index in [9.17, 15) is 4.79 Å². The number of hydrogen-bond donors (Lipinski definition) is 2. The van der Waals surface area contributed by atoms with Gasteiger partial charge in [0.2, 0.25) is 0 Å². The average molecular weight is 244 g/mol. The molecule has 18 heavy (non-hydrogen) atoms. The maximum absolute atomic E-state index is 11.2. The van der Waals surface area contributed by atoms with Gasteiger partial charge in [-0.2, -0.15) is 0 Å². The lowest BCUT2D eigenvalue weighted by molar-refractivity contribution is 0.0600. The smallest absolute Gasteiger partial charge is 0.337 e. The van der Waals surface area contributed by atoms with Crippen LogP contribution >= 0.6 is 0 Å². The van der Waals surface area contributed by atoms with Gasteiger partial charge in [-0.05, 0) is 36.1 Å². The van der Waals surface area contributed by atoms with E-state index in [0.29, 0.717) is 11.1 Å². The molecule has 2 N–H and O–H groups in total. The van der Waals surface area contributed by atoms with Crippen LogP contribution in [0.4, 0.5) is 0 Å². The van der Waals surface area contributed by atoms with Gasteiger partial charge in [-0.15, -0.1) is 0 Å². The maximum atomic E-state index is 11.2. The molecule has 0 aliphatic heterocycles. The van der Waals surface area contributed by atoms with Crippen molar-refractivity contribution < 1.29 is 19.7 Å². The summed E-state index contributed by atoms with van der Waals surface area (Å²) in [6.07, 6.45) is -1.07. The minimum Gasteiger partial charge on any atom is -0.465 e. The summed E-state index contributed by atoms with van der Waals surface area (Å²) in [5, 5.41) is 17.4. The number of carbonyl (C=O) groups excluding carboxylic acids is 1. The molecule has 0 heterocycles. The van der Waals surface area contributed by atoms with E-state index >= 15 is 0 Å². The third-order valence-electron chi connectivity index (χ3n) is 1.99. The quantitative estimate of drug-likeness (QED) is 0.575. The van der Waals surface area contributed by atoms with Crippen molar-refractivity contribution in [3.05, 3.63) is 35.4 Å². The first-order valence-corrected chi connectivity index (χ1v) is 5.16. The molecule has 0 saturated carbocycles. The van der Waals surface area contributed by atoms with Crippen LogP contribution in [0.5, 0.6) is 0 Å². The summed E-state index contributed by atoms with van der Waals surface area (Å²) >= 11 is 0. The Hall–Kier alpha value is -2.27. The molecule has 0 saturated heterocycles. The Kier molecular flexibility index (Phi) is 5.47. The second-order valence-corrected chi connectivity index (χ2v) is 3.29. The largest absolute Gasteiger partial charge is 0.465 e. The zero-order chi connectivity index (χ0) is 13.4. The van der Waals surface area contributed by atoms with E-state index in [1.165, 1.54) is 7.11 Å². The number of rotatable bonds is 2. The molecule has 4 nitrogen and oxygen atoms in total. The molecule has 0 aromatic heterocycles. The summed E-state index contributed by atoms with van der Waals surface area (Å²) in [5.41, 5.74) is 1.14. The SMILES string of the molecule is COC(=O)c1ccc(C#CC#C[C@@H](O)CO)cc1.